The molecule has 4 nitrogen and oxygen atoms in total. The minimum Gasteiger partial charge on any atom is -0.481 e. The Hall–Kier alpha value is -0.970. The number of nitrogens with one attached hydrogen (secondary N) is 1. The first kappa shape index (κ1) is 13.5. The highest BCUT2D eigenvalue weighted by Crippen LogP contribution is 2.39. The second-order valence-corrected chi connectivity index (χ2v) is 6.06. The number of amides is 1. The molecule has 3 aliphatic carbocycles. The molecule has 1 saturated carbocycles. The lowest BCUT2D eigenvalue weighted by Gasteiger charge is -2.38. The van der Waals surface area contributed by atoms with Gasteiger partial charge in [-0.2, -0.15) is 0 Å². The zero-order valence-corrected chi connectivity index (χ0v) is 11.1. The van der Waals surface area contributed by atoms with Crippen molar-refractivity contribution in [2.75, 3.05) is 18.1 Å². The Morgan fingerprint density at radius 3 is 2.67 bits per heavy atom. The van der Waals surface area contributed by atoms with Crippen molar-refractivity contribution in [1.29, 1.82) is 0 Å². The monoisotopic (exact) mass is 269 g/mol. The lowest BCUT2D eigenvalue weighted by Crippen LogP contribution is -2.38. The first-order chi connectivity index (χ1) is 8.65. The Labute approximate surface area is 111 Å². The van der Waals surface area contributed by atoms with E-state index < -0.39 is 5.97 Å². The number of carboxylic acids is 1. The Morgan fingerprint density at radius 1 is 1.28 bits per heavy atom. The van der Waals surface area contributed by atoms with Crippen LogP contribution in [0.2, 0.25) is 0 Å². The number of aliphatic carboxylic acids is 1. The van der Waals surface area contributed by atoms with E-state index in [0.717, 1.165) is 18.3 Å². The van der Waals surface area contributed by atoms with Gasteiger partial charge in [0.25, 0.3) is 0 Å². The lowest BCUT2D eigenvalue weighted by molar-refractivity contribution is -0.133. The van der Waals surface area contributed by atoms with Crippen LogP contribution in [0.15, 0.2) is 12.2 Å². The molecule has 0 radical (unpaired) electrons. The third kappa shape index (κ3) is 3.77. The summed E-state index contributed by atoms with van der Waals surface area (Å²) in [6, 6.07) is 0. The van der Waals surface area contributed by atoms with Crippen LogP contribution < -0.4 is 5.32 Å². The van der Waals surface area contributed by atoms with Crippen LogP contribution in [-0.4, -0.2) is 35.0 Å². The van der Waals surface area contributed by atoms with E-state index in [1.54, 1.807) is 0 Å². The molecule has 1 fully saturated rings. The molecular weight excluding hydrogens is 250 g/mol. The Bertz CT molecular complexity index is 356. The molecule has 0 spiro atoms. The number of hydrogen-bond acceptors (Lipinski definition) is 3. The van der Waals surface area contributed by atoms with Crippen molar-refractivity contribution in [2.45, 2.75) is 19.3 Å². The van der Waals surface area contributed by atoms with Crippen molar-refractivity contribution >= 4 is 23.6 Å². The third-order valence-corrected chi connectivity index (χ3v) is 4.65. The van der Waals surface area contributed by atoms with Crippen molar-refractivity contribution in [3.8, 4) is 0 Å². The summed E-state index contributed by atoms with van der Waals surface area (Å²) >= 11 is 1.15. The molecular formula is C13H19NO3S. The first-order valence-corrected chi connectivity index (χ1v) is 7.55. The molecule has 0 aliphatic heterocycles. The summed E-state index contributed by atoms with van der Waals surface area (Å²) in [6.45, 7) is 0.734. The van der Waals surface area contributed by atoms with E-state index in [2.05, 4.69) is 17.5 Å². The van der Waals surface area contributed by atoms with Crippen molar-refractivity contribution in [3.05, 3.63) is 12.2 Å². The van der Waals surface area contributed by atoms with Crippen LogP contribution >= 0.6 is 11.8 Å². The van der Waals surface area contributed by atoms with Crippen LogP contribution in [0.3, 0.4) is 0 Å². The van der Waals surface area contributed by atoms with Crippen molar-refractivity contribution in [1.82, 2.24) is 5.32 Å². The SMILES string of the molecule is O=C(O)CSCC(=O)NCC1CC2C=CC1CC2. The topological polar surface area (TPSA) is 66.4 Å². The zero-order chi connectivity index (χ0) is 13.0. The van der Waals surface area contributed by atoms with Gasteiger partial charge >= 0.3 is 5.97 Å². The molecule has 0 aromatic rings. The molecule has 3 rings (SSSR count). The van der Waals surface area contributed by atoms with Gasteiger partial charge in [-0.1, -0.05) is 12.2 Å². The summed E-state index contributed by atoms with van der Waals surface area (Å²) in [5.41, 5.74) is 0. The first-order valence-electron chi connectivity index (χ1n) is 6.39. The summed E-state index contributed by atoms with van der Waals surface area (Å²) in [5.74, 6) is 1.21. The van der Waals surface area contributed by atoms with Crippen LogP contribution in [0.5, 0.6) is 0 Å². The van der Waals surface area contributed by atoms with Gasteiger partial charge < -0.3 is 10.4 Å². The molecule has 3 aliphatic rings. The van der Waals surface area contributed by atoms with E-state index in [1.807, 2.05) is 0 Å². The smallest absolute Gasteiger partial charge is 0.313 e. The van der Waals surface area contributed by atoms with Crippen LogP contribution in [0.4, 0.5) is 0 Å². The highest BCUT2D eigenvalue weighted by Gasteiger charge is 2.31. The zero-order valence-electron chi connectivity index (χ0n) is 10.3. The van der Waals surface area contributed by atoms with Gasteiger partial charge in [-0.05, 0) is 37.0 Å². The largest absolute Gasteiger partial charge is 0.481 e. The minimum absolute atomic E-state index is 0.00964. The molecule has 1 amide bonds. The lowest BCUT2D eigenvalue weighted by atomic mass is 9.69. The molecule has 18 heavy (non-hydrogen) atoms. The molecule has 100 valence electrons. The second kappa shape index (κ2) is 6.27. The van der Waals surface area contributed by atoms with Gasteiger partial charge in [0.1, 0.15) is 0 Å². The summed E-state index contributed by atoms with van der Waals surface area (Å²) < 4.78 is 0. The maximum absolute atomic E-state index is 11.5. The van der Waals surface area contributed by atoms with E-state index in [1.165, 1.54) is 19.3 Å². The molecule has 0 aromatic heterocycles. The van der Waals surface area contributed by atoms with E-state index in [-0.39, 0.29) is 17.4 Å². The van der Waals surface area contributed by atoms with Gasteiger partial charge in [0.15, 0.2) is 0 Å². The molecule has 2 bridgehead atoms. The normalized spacial score (nSPS) is 29.2. The molecule has 3 atom stereocenters. The highest BCUT2D eigenvalue weighted by atomic mass is 32.2. The summed E-state index contributed by atoms with van der Waals surface area (Å²) in [5, 5.41) is 11.4. The summed E-state index contributed by atoms with van der Waals surface area (Å²) in [4.78, 5) is 21.8. The number of fused-ring (bicyclic) bond motifs is 2. The van der Waals surface area contributed by atoms with E-state index in [4.69, 9.17) is 5.11 Å². The number of thioether (sulfide) groups is 1. The number of carbonyl (C=O) groups excluding carboxylic acids is 1. The van der Waals surface area contributed by atoms with E-state index >= 15 is 0 Å². The average Bonchev–Trinajstić information content (AvgIpc) is 2.37. The average molecular weight is 269 g/mol. The van der Waals surface area contributed by atoms with Gasteiger partial charge in [0.05, 0.1) is 11.5 Å². The van der Waals surface area contributed by atoms with Gasteiger partial charge in [-0.3, -0.25) is 9.59 Å². The van der Waals surface area contributed by atoms with Gasteiger partial charge in [0, 0.05) is 6.54 Å². The molecule has 0 heterocycles. The van der Waals surface area contributed by atoms with Gasteiger partial charge in [-0.15, -0.1) is 11.8 Å². The standard InChI is InChI=1S/C13H19NO3S/c15-12(7-18-8-13(16)17)14-6-11-5-9-1-3-10(11)4-2-9/h1,3,9-11H,2,4-8H2,(H,14,15)(H,16,17). The molecule has 0 saturated heterocycles. The number of rotatable bonds is 6. The predicted octanol–water partition coefficient (Wildman–Crippen LogP) is 1.52. The molecule has 2 N–H and O–H groups in total. The molecule has 5 heteroatoms. The maximum atomic E-state index is 11.5. The van der Waals surface area contributed by atoms with E-state index in [0.29, 0.717) is 17.8 Å². The van der Waals surface area contributed by atoms with E-state index in [9.17, 15) is 9.59 Å². The van der Waals surface area contributed by atoms with Crippen LogP contribution in [0.25, 0.3) is 0 Å². The fraction of sp³-hybridized carbons (Fsp3) is 0.692. The number of carboxylic acid groups (broad SMARTS) is 1. The predicted molar refractivity (Wildman–Crippen MR) is 71.4 cm³/mol. The van der Waals surface area contributed by atoms with Crippen LogP contribution in [0, 0.1) is 17.8 Å². The number of allylic oxidation sites excluding steroid dienone is 2. The molecule has 0 aromatic carbocycles. The van der Waals surface area contributed by atoms with Crippen LogP contribution in [0.1, 0.15) is 19.3 Å². The van der Waals surface area contributed by atoms with Gasteiger partial charge in [0.2, 0.25) is 5.91 Å². The highest BCUT2D eigenvalue weighted by molar-refractivity contribution is 8.00. The second-order valence-electron chi connectivity index (χ2n) is 5.07. The number of hydrogen-bond donors (Lipinski definition) is 2. The fourth-order valence-electron chi connectivity index (χ4n) is 2.81. The van der Waals surface area contributed by atoms with Crippen molar-refractivity contribution in [2.24, 2.45) is 17.8 Å². The summed E-state index contributed by atoms with van der Waals surface area (Å²) in [6.07, 6.45) is 8.34. The quantitative estimate of drug-likeness (QED) is 0.718. The van der Waals surface area contributed by atoms with Crippen LogP contribution in [-0.2, 0) is 9.59 Å². The number of carbonyl (C=O) groups is 2. The molecule has 3 unspecified atom stereocenters. The Balaban J connectivity index is 1.64. The minimum atomic E-state index is -0.873. The van der Waals surface area contributed by atoms with Gasteiger partial charge in [-0.25, -0.2) is 0 Å². The fourth-order valence-corrected chi connectivity index (χ4v) is 3.38. The Morgan fingerprint density at radius 2 is 2.11 bits per heavy atom. The maximum Gasteiger partial charge on any atom is 0.313 e. The van der Waals surface area contributed by atoms with Crippen molar-refractivity contribution < 1.29 is 14.7 Å². The third-order valence-electron chi connectivity index (χ3n) is 3.73. The summed E-state index contributed by atoms with van der Waals surface area (Å²) in [7, 11) is 0. The van der Waals surface area contributed by atoms with Crippen molar-refractivity contribution in [3.63, 3.8) is 0 Å². The Kier molecular flexibility index (Phi) is 4.69.